The Kier molecular flexibility index (Phi) is 7.29. The largest absolute Gasteiger partial charge is 0.480 e. The van der Waals surface area contributed by atoms with Gasteiger partial charge in [-0.15, -0.1) is 0 Å². The summed E-state index contributed by atoms with van der Waals surface area (Å²) in [6.07, 6.45) is 1.57. The van der Waals surface area contributed by atoms with Crippen LogP contribution in [0, 0.1) is 5.92 Å². The highest BCUT2D eigenvalue weighted by Gasteiger charge is 2.10. The van der Waals surface area contributed by atoms with Gasteiger partial charge in [0, 0.05) is 0 Å². The topological polar surface area (TPSA) is 95.6 Å². The molecule has 5 heteroatoms. The molecule has 2 unspecified atom stereocenters. The monoisotopic (exact) mass is 218 g/mol. The standard InChI is InChI=1S/C10H22N2O3/c1-7(2)9(13)12-6-4-3-5-8(11)10(14)15/h7-9,12-13H,3-6,11H2,1-2H3,(H,14,15). The zero-order valence-corrected chi connectivity index (χ0v) is 9.44. The van der Waals surface area contributed by atoms with E-state index in [1.165, 1.54) is 0 Å². The van der Waals surface area contributed by atoms with Gasteiger partial charge < -0.3 is 15.9 Å². The van der Waals surface area contributed by atoms with Gasteiger partial charge >= 0.3 is 5.97 Å². The minimum absolute atomic E-state index is 0.186. The first kappa shape index (κ1) is 14.3. The van der Waals surface area contributed by atoms with Crippen LogP contribution >= 0.6 is 0 Å². The van der Waals surface area contributed by atoms with E-state index in [1.807, 2.05) is 13.8 Å². The zero-order valence-electron chi connectivity index (χ0n) is 9.44. The van der Waals surface area contributed by atoms with Crippen LogP contribution in [0.15, 0.2) is 0 Å². The van der Waals surface area contributed by atoms with Crippen LogP contribution in [0.4, 0.5) is 0 Å². The van der Waals surface area contributed by atoms with E-state index in [2.05, 4.69) is 5.32 Å². The lowest BCUT2D eigenvalue weighted by atomic mass is 10.1. The summed E-state index contributed by atoms with van der Waals surface area (Å²) in [6.45, 7) is 4.54. The zero-order chi connectivity index (χ0) is 11.8. The maximum absolute atomic E-state index is 10.4. The fourth-order valence-electron chi connectivity index (χ4n) is 1.10. The normalized spacial score (nSPS) is 15.3. The molecule has 0 saturated carbocycles. The third-order valence-corrected chi connectivity index (χ3v) is 2.24. The smallest absolute Gasteiger partial charge is 0.320 e. The van der Waals surface area contributed by atoms with E-state index in [0.29, 0.717) is 13.0 Å². The number of nitrogens with one attached hydrogen (secondary N) is 1. The van der Waals surface area contributed by atoms with E-state index in [4.69, 9.17) is 10.8 Å². The van der Waals surface area contributed by atoms with Gasteiger partial charge in [0.05, 0.1) is 0 Å². The van der Waals surface area contributed by atoms with Crippen molar-refractivity contribution >= 4 is 5.97 Å². The molecule has 0 radical (unpaired) electrons. The fraction of sp³-hybridized carbons (Fsp3) is 0.900. The third kappa shape index (κ3) is 7.30. The van der Waals surface area contributed by atoms with Crippen molar-refractivity contribution in [2.45, 2.75) is 45.4 Å². The average Bonchev–Trinajstić information content (AvgIpc) is 2.16. The van der Waals surface area contributed by atoms with Gasteiger partial charge in [-0.1, -0.05) is 20.3 Å². The number of hydrogen-bond acceptors (Lipinski definition) is 4. The van der Waals surface area contributed by atoms with E-state index in [9.17, 15) is 9.90 Å². The lowest BCUT2D eigenvalue weighted by Crippen LogP contribution is -2.34. The summed E-state index contributed by atoms with van der Waals surface area (Å²) in [5, 5.41) is 20.9. The number of nitrogens with two attached hydrogens (primary N) is 1. The summed E-state index contributed by atoms with van der Waals surface area (Å²) < 4.78 is 0. The van der Waals surface area contributed by atoms with Crippen molar-refractivity contribution in [2.24, 2.45) is 11.7 Å². The number of carboxylic acids is 1. The summed E-state index contributed by atoms with van der Waals surface area (Å²) in [4.78, 5) is 10.4. The first-order valence-corrected chi connectivity index (χ1v) is 5.35. The number of aliphatic hydroxyl groups is 1. The predicted octanol–water partition coefficient (Wildman–Crippen LogP) is 0.133. The summed E-state index contributed by atoms with van der Waals surface area (Å²) in [6, 6.07) is -0.764. The van der Waals surface area contributed by atoms with E-state index in [-0.39, 0.29) is 5.92 Å². The molecule has 0 heterocycles. The summed E-state index contributed by atoms with van der Waals surface area (Å²) in [5.41, 5.74) is 5.34. The lowest BCUT2D eigenvalue weighted by molar-refractivity contribution is -0.138. The third-order valence-electron chi connectivity index (χ3n) is 2.24. The molecule has 0 aromatic rings. The Morgan fingerprint density at radius 3 is 2.47 bits per heavy atom. The van der Waals surface area contributed by atoms with E-state index >= 15 is 0 Å². The van der Waals surface area contributed by atoms with Crippen molar-refractivity contribution < 1.29 is 15.0 Å². The highest BCUT2D eigenvalue weighted by molar-refractivity contribution is 5.72. The van der Waals surface area contributed by atoms with Crippen molar-refractivity contribution in [3.05, 3.63) is 0 Å². The second kappa shape index (κ2) is 7.62. The molecule has 0 aromatic carbocycles. The number of hydrogen-bond donors (Lipinski definition) is 4. The molecular weight excluding hydrogens is 196 g/mol. The molecule has 0 aliphatic heterocycles. The van der Waals surface area contributed by atoms with Gasteiger partial charge in [-0.25, -0.2) is 0 Å². The first-order valence-electron chi connectivity index (χ1n) is 5.35. The van der Waals surface area contributed by atoms with Gasteiger partial charge in [0.25, 0.3) is 0 Å². The van der Waals surface area contributed by atoms with Crippen molar-refractivity contribution in [3.63, 3.8) is 0 Å². The molecule has 2 atom stereocenters. The molecule has 0 fully saturated rings. The van der Waals surface area contributed by atoms with Gasteiger partial charge in [0.15, 0.2) is 0 Å². The highest BCUT2D eigenvalue weighted by Crippen LogP contribution is 2.00. The summed E-state index contributed by atoms with van der Waals surface area (Å²) >= 11 is 0. The Morgan fingerprint density at radius 1 is 1.40 bits per heavy atom. The highest BCUT2D eigenvalue weighted by atomic mass is 16.4. The second-order valence-electron chi connectivity index (χ2n) is 4.08. The molecule has 0 spiro atoms. The van der Waals surface area contributed by atoms with E-state index in [1.54, 1.807) is 0 Å². The molecule has 0 rings (SSSR count). The van der Waals surface area contributed by atoms with Crippen LogP contribution in [0.1, 0.15) is 33.1 Å². The fourth-order valence-corrected chi connectivity index (χ4v) is 1.10. The van der Waals surface area contributed by atoms with Crippen LogP contribution in [-0.4, -0.2) is 35.0 Å². The van der Waals surface area contributed by atoms with Crippen LogP contribution in [-0.2, 0) is 4.79 Å². The minimum Gasteiger partial charge on any atom is -0.480 e. The Balaban J connectivity index is 3.36. The van der Waals surface area contributed by atoms with Crippen LogP contribution in [0.3, 0.4) is 0 Å². The van der Waals surface area contributed by atoms with Crippen molar-refractivity contribution in [1.82, 2.24) is 5.32 Å². The van der Waals surface area contributed by atoms with Gasteiger partial charge in [0.1, 0.15) is 12.3 Å². The quantitative estimate of drug-likeness (QED) is 0.343. The van der Waals surface area contributed by atoms with Crippen molar-refractivity contribution in [2.75, 3.05) is 6.54 Å². The van der Waals surface area contributed by atoms with Crippen LogP contribution in [0.25, 0.3) is 0 Å². The summed E-state index contributed by atoms with van der Waals surface area (Å²) in [7, 11) is 0. The maximum atomic E-state index is 10.4. The van der Waals surface area contributed by atoms with E-state index < -0.39 is 18.2 Å². The Morgan fingerprint density at radius 2 is 2.00 bits per heavy atom. The molecule has 5 nitrogen and oxygen atoms in total. The molecule has 0 bridgehead atoms. The van der Waals surface area contributed by atoms with Crippen LogP contribution < -0.4 is 11.1 Å². The minimum atomic E-state index is -0.954. The number of carbonyl (C=O) groups is 1. The molecule has 0 saturated heterocycles. The van der Waals surface area contributed by atoms with Gasteiger partial charge in [-0.05, 0) is 25.3 Å². The van der Waals surface area contributed by atoms with Crippen LogP contribution in [0.5, 0.6) is 0 Å². The van der Waals surface area contributed by atoms with Gasteiger partial charge in [0.2, 0.25) is 0 Å². The van der Waals surface area contributed by atoms with Gasteiger partial charge in [-0.3, -0.25) is 10.1 Å². The van der Waals surface area contributed by atoms with Crippen molar-refractivity contribution in [1.29, 1.82) is 0 Å². The molecular formula is C10H22N2O3. The molecule has 90 valence electrons. The average molecular weight is 218 g/mol. The molecule has 0 aliphatic carbocycles. The molecule has 0 aromatic heterocycles. The number of rotatable bonds is 8. The maximum Gasteiger partial charge on any atom is 0.320 e. The molecule has 0 aliphatic rings. The first-order chi connectivity index (χ1) is 6.95. The Bertz CT molecular complexity index is 186. The number of unbranched alkanes of at least 4 members (excludes halogenated alkanes) is 1. The van der Waals surface area contributed by atoms with Gasteiger partial charge in [-0.2, -0.15) is 0 Å². The lowest BCUT2D eigenvalue weighted by Gasteiger charge is -2.16. The molecule has 5 N–H and O–H groups in total. The summed E-state index contributed by atoms with van der Waals surface area (Å²) in [5.74, 6) is -0.767. The number of aliphatic carboxylic acids is 1. The number of carboxylic acid groups (broad SMARTS) is 1. The SMILES string of the molecule is CC(C)C(O)NCCCCC(N)C(=O)O. The second-order valence-corrected chi connectivity index (χ2v) is 4.08. The van der Waals surface area contributed by atoms with E-state index in [0.717, 1.165) is 12.8 Å². The van der Waals surface area contributed by atoms with Crippen molar-refractivity contribution in [3.8, 4) is 0 Å². The van der Waals surface area contributed by atoms with Crippen LogP contribution in [0.2, 0.25) is 0 Å². The molecule has 15 heavy (non-hydrogen) atoms. The predicted molar refractivity (Wildman–Crippen MR) is 58.3 cm³/mol. The Labute approximate surface area is 90.7 Å². The molecule has 0 amide bonds. The Hall–Kier alpha value is -0.650. The number of aliphatic hydroxyl groups excluding tert-OH is 1.